The second kappa shape index (κ2) is 4.60. The summed E-state index contributed by atoms with van der Waals surface area (Å²) in [5.74, 6) is 0.322. The lowest BCUT2D eigenvalue weighted by atomic mass is 10.3. The van der Waals surface area contributed by atoms with Gasteiger partial charge in [-0.2, -0.15) is 11.3 Å². The van der Waals surface area contributed by atoms with Crippen LogP contribution in [-0.4, -0.2) is 24.2 Å². The van der Waals surface area contributed by atoms with Crippen molar-refractivity contribution in [2.45, 2.75) is 11.4 Å². The summed E-state index contributed by atoms with van der Waals surface area (Å²) >= 11 is 1.61. The van der Waals surface area contributed by atoms with Gasteiger partial charge in [0.05, 0.1) is 17.0 Å². The molecule has 0 saturated heterocycles. The number of nitrogens with two attached hydrogens (primary N) is 1. The van der Waals surface area contributed by atoms with Crippen LogP contribution in [0.4, 0.5) is 5.95 Å². The number of anilines is 1. The highest BCUT2D eigenvalue weighted by Crippen LogP contribution is 2.25. The highest BCUT2D eigenvalue weighted by Gasteiger charge is 2.17. The number of imidazole rings is 1. The van der Waals surface area contributed by atoms with E-state index in [0.29, 0.717) is 18.0 Å². The second-order valence-corrected chi connectivity index (χ2v) is 7.35. The average Bonchev–Trinajstić information content (AvgIpc) is 2.97. The minimum atomic E-state index is -3.32. The predicted octanol–water partition coefficient (Wildman–Crippen LogP) is 2.13. The smallest absolute Gasteiger partial charge is 0.201 e. The maximum Gasteiger partial charge on any atom is 0.201 e. The second-order valence-electron chi connectivity index (χ2n) is 4.58. The molecule has 5 nitrogen and oxygen atoms in total. The number of hydrogen-bond donors (Lipinski definition) is 1. The number of fused-ring (bicyclic) bond motifs is 1. The molecule has 3 aromatic rings. The van der Waals surface area contributed by atoms with E-state index in [1.807, 2.05) is 27.5 Å². The third-order valence-electron chi connectivity index (χ3n) is 3.09. The molecule has 0 aliphatic heterocycles. The Morgan fingerprint density at radius 2 is 2.15 bits per heavy atom. The number of aromatic nitrogens is 2. The van der Waals surface area contributed by atoms with Gasteiger partial charge in [-0.05, 0) is 34.5 Å². The lowest BCUT2D eigenvalue weighted by Crippen LogP contribution is -2.03. The Bertz CT molecular complexity index is 865. The van der Waals surface area contributed by atoms with Gasteiger partial charge in [0.2, 0.25) is 5.95 Å². The van der Waals surface area contributed by atoms with Gasteiger partial charge in [0.1, 0.15) is 5.52 Å². The van der Waals surface area contributed by atoms with Crippen LogP contribution in [0.2, 0.25) is 0 Å². The molecule has 2 aromatic heterocycles. The van der Waals surface area contributed by atoms with E-state index in [0.717, 1.165) is 11.1 Å². The van der Waals surface area contributed by atoms with Crippen molar-refractivity contribution >= 4 is 38.2 Å². The first-order valence-corrected chi connectivity index (χ1v) is 8.76. The van der Waals surface area contributed by atoms with E-state index in [9.17, 15) is 8.42 Å². The van der Waals surface area contributed by atoms with Crippen molar-refractivity contribution in [2.75, 3.05) is 12.0 Å². The molecule has 0 bridgehead atoms. The van der Waals surface area contributed by atoms with Crippen LogP contribution in [0.15, 0.2) is 39.9 Å². The predicted molar refractivity (Wildman–Crippen MR) is 80.7 cm³/mol. The highest BCUT2D eigenvalue weighted by molar-refractivity contribution is 7.91. The maximum atomic E-state index is 11.8. The summed E-state index contributed by atoms with van der Waals surface area (Å²) in [4.78, 5) is 4.44. The topological polar surface area (TPSA) is 78.0 Å². The van der Waals surface area contributed by atoms with Crippen LogP contribution in [0.3, 0.4) is 0 Å². The van der Waals surface area contributed by atoms with E-state index >= 15 is 0 Å². The van der Waals surface area contributed by atoms with Crippen molar-refractivity contribution in [1.29, 1.82) is 0 Å². The molecule has 0 saturated carbocycles. The Labute approximate surface area is 120 Å². The Hall–Kier alpha value is -1.86. The van der Waals surface area contributed by atoms with E-state index in [1.165, 1.54) is 6.26 Å². The molecule has 0 unspecified atom stereocenters. The zero-order chi connectivity index (χ0) is 14.3. The van der Waals surface area contributed by atoms with Gasteiger partial charge < -0.3 is 10.3 Å². The highest BCUT2D eigenvalue weighted by atomic mass is 32.2. The zero-order valence-corrected chi connectivity index (χ0v) is 12.4. The minimum absolute atomic E-state index is 0.214. The summed E-state index contributed by atoms with van der Waals surface area (Å²) in [7, 11) is -3.32. The first-order valence-electron chi connectivity index (χ1n) is 5.92. The Kier molecular flexibility index (Phi) is 3.02. The van der Waals surface area contributed by atoms with Crippen molar-refractivity contribution in [1.82, 2.24) is 9.55 Å². The number of nitrogen functional groups attached to an aromatic ring is 1. The van der Waals surface area contributed by atoms with Crippen LogP contribution >= 0.6 is 11.3 Å². The lowest BCUT2D eigenvalue weighted by Gasteiger charge is -2.05. The monoisotopic (exact) mass is 307 g/mol. The van der Waals surface area contributed by atoms with Gasteiger partial charge in [-0.25, -0.2) is 13.4 Å². The van der Waals surface area contributed by atoms with Crippen molar-refractivity contribution in [3.8, 4) is 0 Å². The molecule has 3 rings (SSSR count). The van der Waals surface area contributed by atoms with Gasteiger partial charge >= 0.3 is 0 Å². The molecule has 1 aromatic carbocycles. The number of rotatable bonds is 3. The SMILES string of the molecule is CS(=O)(=O)c1cccc2c1nc(N)n2Cc1ccsc1. The summed E-state index contributed by atoms with van der Waals surface area (Å²) in [6.07, 6.45) is 1.18. The molecule has 0 amide bonds. The van der Waals surface area contributed by atoms with Crippen molar-refractivity contribution in [2.24, 2.45) is 0 Å². The standard InChI is InChI=1S/C13H13N3O2S2/c1-20(17,18)11-4-2-3-10-12(11)15-13(14)16(10)7-9-5-6-19-8-9/h2-6,8H,7H2,1H3,(H2,14,15). The fourth-order valence-corrected chi connectivity index (χ4v) is 3.66. The third kappa shape index (κ3) is 2.19. The molecule has 2 N–H and O–H groups in total. The van der Waals surface area contributed by atoms with Gasteiger partial charge in [-0.3, -0.25) is 0 Å². The largest absolute Gasteiger partial charge is 0.369 e. The van der Waals surface area contributed by atoms with Crippen molar-refractivity contribution in [3.63, 3.8) is 0 Å². The summed E-state index contributed by atoms with van der Waals surface area (Å²) in [5, 5.41) is 4.03. The van der Waals surface area contributed by atoms with Gasteiger partial charge in [0.25, 0.3) is 0 Å². The normalized spacial score (nSPS) is 12.1. The fraction of sp³-hybridized carbons (Fsp3) is 0.154. The summed E-state index contributed by atoms with van der Waals surface area (Å²) in [6, 6.07) is 7.11. The van der Waals surface area contributed by atoms with Crippen LogP contribution in [0.25, 0.3) is 11.0 Å². The number of sulfone groups is 1. The number of hydrogen-bond acceptors (Lipinski definition) is 5. The molecule has 0 fully saturated rings. The molecule has 20 heavy (non-hydrogen) atoms. The van der Waals surface area contributed by atoms with Crippen LogP contribution in [0.1, 0.15) is 5.56 Å². The van der Waals surface area contributed by atoms with E-state index < -0.39 is 9.84 Å². The molecule has 104 valence electrons. The molecule has 0 atom stereocenters. The molecule has 0 aliphatic rings. The van der Waals surface area contributed by atoms with E-state index in [-0.39, 0.29) is 4.90 Å². The van der Waals surface area contributed by atoms with Crippen LogP contribution < -0.4 is 5.73 Å². The first kappa shape index (κ1) is 13.1. The van der Waals surface area contributed by atoms with Crippen LogP contribution in [0.5, 0.6) is 0 Å². The minimum Gasteiger partial charge on any atom is -0.369 e. The Morgan fingerprint density at radius 3 is 2.80 bits per heavy atom. The number of para-hydroxylation sites is 1. The average molecular weight is 307 g/mol. The van der Waals surface area contributed by atoms with Crippen molar-refractivity contribution in [3.05, 3.63) is 40.6 Å². The number of nitrogens with zero attached hydrogens (tertiary/aromatic N) is 2. The third-order valence-corrected chi connectivity index (χ3v) is 4.95. The molecular formula is C13H13N3O2S2. The zero-order valence-electron chi connectivity index (χ0n) is 10.8. The fourth-order valence-electron chi connectivity index (χ4n) is 2.17. The first-order chi connectivity index (χ1) is 9.47. The molecule has 2 heterocycles. The summed E-state index contributed by atoms with van der Waals surface area (Å²) in [5.41, 5.74) is 8.23. The molecule has 0 spiro atoms. The van der Waals surface area contributed by atoms with Crippen LogP contribution in [-0.2, 0) is 16.4 Å². The number of thiophene rings is 1. The van der Waals surface area contributed by atoms with E-state index in [4.69, 9.17) is 5.73 Å². The molecule has 7 heteroatoms. The molecule has 0 radical (unpaired) electrons. The lowest BCUT2D eigenvalue weighted by molar-refractivity contribution is 0.602. The maximum absolute atomic E-state index is 11.8. The van der Waals surface area contributed by atoms with E-state index in [1.54, 1.807) is 23.5 Å². The summed E-state index contributed by atoms with van der Waals surface area (Å²) < 4.78 is 25.4. The van der Waals surface area contributed by atoms with Crippen LogP contribution in [0, 0.1) is 0 Å². The Morgan fingerprint density at radius 1 is 1.35 bits per heavy atom. The Balaban J connectivity index is 2.22. The summed E-state index contributed by atoms with van der Waals surface area (Å²) in [6.45, 7) is 0.582. The van der Waals surface area contributed by atoms with Gasteiger partial charge in [-0.1, -0.05) is 6.07 Å². The van der Waals surface area contributed by atoms with Gasteiger partial charge in [0.15, 0.2) is 9.84 Å². The quantitative estimate of drug-likeness (QED) is 0.804. The van der Waals surface area contributed by atoms with E-state index in [2.05, 4.69) is 4.98 Å². The van der Waals surface area contributed by atoms with Crippen molar-refractivity contribution < 1.29 is 8.42 Å². The molecule has 0 aliphatic carbocycles. The van der Waals surface area contributed by atoms with Gasteiger partial charge in [0, 0.05) is 6.26 Å². The van der Waals surface area contributed by atoms with Gasteiger partial charge in [-0.15, -0.1) is 0 Å². The molecular weight excluding hydrogens is 294 g/mol. The number of benzene rings is 1.